The molecule has 9 heteroatoms. The fourth-order valence-corrected chi connectivity index (χ4v) is 6.75. The summed E-state index contributed by atoms with van der Waals surface area (Å²) in [5.74, 6) is 1.18. The van der Waals surface area contributed by atoms with Crippen molar-refractivity contribution in [3.8, 4) is 5.75 Å². The molecule has 1 amide bonds. The zero-order valence-corrected chi connectivity index (χ0v) is 30.8. The molecule has 0 aliphatic carbocycles. The predicted octanol–water partition coefficient (Wildman–Crippen LogP) is 10.7. The van der Waals surface area contributed by atoms with Crippen LogP contribution in [0.15, 0.2) is 82.3 Å². The first-order chi connectivity index (χ1) is 24.1. The average molecular weight is 730 g/mol. The first-order valence-corrected chi connectivity index (χ1v) is 19.4. The molecule has 1 saturated heterocycles. The van der Waals surface area contributed by atoms with Gasteiger partial charge in [-0.15, -0.1) is 5.10 Å². The Bertz CT molecular complexity index is 1590. The van der Waals surface area contributed by atoms with Gasteiger partial charge < -0.3 is 4.74 Å². The van der Waals surface area contributed by atoms with Crippen molar-refractivity contribution < 1.29 is 9.53 Å². The number of nitrogens with one attached hydrogen (secondary N) is 1. The highest BCUT2D eigenvalue weighted by Gasteiger charge is 2.40. The highest BCUT2D eigenvalue weighted by Crippen LogP contribution is 2.28. The Morgan fingerprint density at radius 1 is 0.776 bits per heavy atom. The van der Waals surface area contributed by atoms with Crippen molar-refractivity contribution >= 4 is 44.4 Å². The summed E-state index contributed by atoms with van der Waals surface area (Å²) in [6.45, 7) is 3.40. The third-order valence-electron chi connectivity index (χ3n) is 9.22. The quantitative estimate of drug-likeness (QED) is 0.0814. The van der Waals surface area contributed by atoms with Crippen LogP contribution in [0.3, 0.4) is 0 Å². The van der Waals surface area contributed by atoms with Gasteiger partial charge in [-0.05, 0) is 54.4 Å². The molecule has 1 N–H and O–H groups in total. The number of carbonyl (C=O) groups excluding carboxylic acids is 1. The second-order valence-corrected chi connectivity index (χ2v) is 14.1. The molecular weight excluding hydrogens is 676 g/mol. The van der Waals surface area contributed by atoms with Gasteiger partial charge in [0.15, 0.2) is 11.9 Å². The van der Waals surface area contributed by atoms with E-state index >= 15 is 0 Å². The number of benzene rings is 3. The van der Waals surface area contributed by atoms with Gasteiger partial charge >= 0.3 is 0 Å². The third-order valence-corrected chi connectivity index (χ3v) is 9.72. The molecule has 4 aromatic rings. The number of hydrazine groups is 1. The first-order valence-electron chi connectivity index (χ1n) is 18.6. The number of aliphatic imine (C=N–C) groups is 1. The molecule has 0 spiro atoms. The summed E-state index contributed by atoms with van der Waals surface area (Å²) in [5.41, 5.74) is 6.46. The standard InChI is InChI=1S/C40H53BrN6O2/c1-2-3-4-5-6-7-8-9-10-11-12-13-14-15-16-20-29-49-35-26-24-34(25-27-35)42-39-38(47-37-30-33(41)23-28-36(37)43-45-47)40(48)46(44-39)31-32-21-18-17-19-22-32/h17-19,21-28,30,38H,2-16,20,29,31H2,1H3,(H,42,44). The molecule has 0 saturated carbocycles. The molecule has 5 rings (SSSR count). The van der Waals surface area contributed by atoms with Crippen molar-refractivity contribution in [1.29, 1.82) is 0 Å². The smallest absolute Gasteiger partial charge is 0.274 e. The summed E-state index contributed by atoms with van der Waals surface area (Å²) in [6, 6.07) is 22.6. The largest absolute Gasteiger partial charge is 0.494 e. The van der Waals surface area contributed by atoms with Crippen LogP contribution in [0.1, 0.15) is 121 Å². The Labute approximate surface area is 300 Å². The number of rotatable bonds is 22. The molecule has 2 heterocycles. The summed E-state index contributed by atoms with van der Waals surface area (Å²) in [6.07, 6.45) is 21.7. The van der Waals surface area contributed by atoms with Crippen LogP contribution in [0.2, 0.25) is 0 Å². The topological polar surface area (TPSA) is 84.6 Å². The summed E-state index contributed by atoms with van der Waals surface area (Å²) in [5, 5.41) is 10.3. The van der Waals surface area contributed by atoms with Crippen molar-refractivity contribution in [2.75, 3.05) is 6.61 Å². The van der Waals surface area contributed by atoms with E-state index in [1.54, 1.807) is 9.69 Å². The lowest BCUT2D eigenvalue weighted by Gasteiger charge is -2.15. The number of unbranched alkanes of at least 4 members (excludes halogenated alkanes) is 15. The summed E-state index contributed by atoms with van der Waals surface area (Å²) < 4.78 is 8.57. The minimum absolute atomic E-state index is 0.145. The maximum atomic E-state index is 13.8. The van der Waals surface area contributed by atoms with Gasteiger partial charge in [0.1, 0.15) is 11.3 Å². The summed E-state index contributed by atoms with van der Waals surface area (Å²) in [4.78, 5) is 18.7. The molecule has 1 aromatic heterocycles. The molecule has 49 heavy (non-hydrogen) atoms. The third kappa shape index (κ3) is 11.4. The van der Waals surface area contributed by atoms with Crippen LogP contribution in [-0.2, 0) is 11.3 Å². The molecule has 1 aliphatic rings. The Hall–Kier alpha value is -3.72. The van der Waals surface area contributed by atoms with E-state index in [1.165, 1.54) is 96.3 Å². The van der Waals surface area contributed by atoms with Crippen LogP contribution in [0.4, 0.5) is 5.69 Å². The lowest BCUT2D eigenvalue weighted by Crippen LogP contribution is -2.35. The lowest BCUT2D eigenvalue weighted by molar-refractivity contribution is -0.132. The van der Waals surface area contributed by atoms with Gasteiger partial charge in [-0.25, -0.2) is 14.7 Å². The van der Waals surface area contributed by atoms with Crippen molar-refractivity contribution in [2.24, 2.45) is 4.99 Å². The number of amidine groups is 1. The normalized spacial score (nSPS) is 15.4. The number of amides is 1. The minimum atomic E-state index is -0.770. The maximum absolute atomic E-state index is 13.8. The van der Waals surface area contributed by atoms with E-state index in [-0.39, 0.29) is 5.91 Å². The number of carbonyl (C=O) groups is 1. The van der Waals surface area contributed by atoms with E-state index in [9.17, 15) is 4.79 Å². The van der Waals surface area contributed by atoms with Crippen LogP contribution < -0.4 is 10.2 Å². The van der Waals surface area contributed by atoms with Crippen molar-refractivity contribution in [1.82, 2.24) is 25.4 Å². The van der Waals surface area contributed by atoms with E-state index in [0.717, 1.165) is 33.4 Å². The average Bonchev–Trinajstić information content (AvgIpc) is 3.65. The summed E-state index contributed by atoms with van der Waals surface area (Å²) in [7, 11) is 0. The SMILES string of the molecule is CCCCCCCCCCCCCCCCCCOc1ccc(N=C2NN(Cc3ccccc3)C(=O)C2n2nnc3ccc(Br)cc32)cc1. The van der Waals surface area contributed by atoms with Crippen molar-refractivity contribution in [2.45, 2.75) is 122 Å². The molecule has 3 aromatic carbocycles. The van der Waals surface area contributed by atoms with Crippen LogP contribution in [0.25, 0.3) is 11.0 Å². The molecule has 1 atom stereocenters. The van der Waals surface area contributed by atoms with Gasteiger partial charge in [-0.3, -0.25) is 10.2 Å². The van der Waals surface area contributed by atoms with Crippen molar-refractivity contribution in [3.05, 3.63) is 82.8 Å². The van der Waals surface area contributed by atoms with Crippen LogP contribution in [0, 0.1) is 0 Å². The minimum Gasteiger partial charge on any atom is -0.494 e. The molecular formula is C40H53BrN6O2. The maximum Gasteiger partial charge on any atom is 0.274 e. The van der Waals surface area contributed by atoms with Crippen LogP contribution >= 0.6 is 15.9 Å². The zero-order valence-electron chi connectivity index (χ0n) is 29.2. The van der Waals surface area contributed by atoms with E-state index < -0.39 is 6.04 Å². The Morgan fingerprint density at radius 3 is 2.02 bits per heavy atom. The Balaban J connectivity index is 1.05. The van der Waals surface area contributed by atoms with Gasteiger partial charge in [0.2, 0.25) is 0 Å². The highest BCUT2D eigenvalue weighted by molar-refractivity contribution is 9.10. The highest BCUT2D eigenvalue weighted by atomic mass is 79.9. The predicted molar refractivity (Wildman–Crippen MR) is 203 cm³/mol. The van der Waals surface area contributed by atoms with Gasteiger partial charge in [0.25, 0.3) is 5.91 Å². The van der Waals surface area contributed by atoms with E-state index in [2.05, 4.69) is 38.6 Å². The molecule has 1 aliphatic heterocycles. The molecule has 1 unspecified atom stereocenters. The fraction of sp³-hybridized carbons (Fsp3) is 0.500. The number of fused-ring (bicyclic) bond motifs is 1. The lowest BCUT2D eigenvalue weighted by atomic mass is 10.0. The number of hydrogen-bond acceptors (Lipinski definition) is 5. The first kappa shape index (κ1) is 36.6. The Kier molecular flexibility index (Phi) is 15.0. The van der Waals surface area contributed by atoms with Gasteiger partial charge in [0, 0.05) is 4.47 Å². The second kappa shape index (κ2) is 20.1. The van der Waals surface area contributed by atoms with E-state index in [0.29, 0.717) is 24.5 Å². The molecule has 262 valence electrons. The molecule has 8 nitrogen and oxygen atoms in total. The van der Waals surface area contributed by atoms with Crippen LogP contribution in [-0.4, -0.2) is 38.4 Å². The molecule has 0 radical (unpaired) electrons. The number of halogens is 1. The Morgan fingerprint density at radius 2 is 1.39 bits per heavy atom. The van der Waals surface area contributed by atoms with Gasteiger partial charge in [-0.2, -0.15) is 0 Å². The monoisotopic (exact) mass is 728 g/mol. The summed E-state index contributed by atoms with van der Waals surface area (Å²) >= 11 is 3.54. The van der Waals surface area contributed by atoms with Gasteiger partial charge in [0.05, 0.1) is 24.4 Å². The number of aromatic nitrogens is 3. The number of hydrogen-bond donors (Lipinski definition) is 1. The zero-order chi connectivity index (χ0) is 34.1. The van der Waals surface area contributed by atoms with E-state index in [4.69, 9.17) is 9.73 Å². The number of ether oxygens (including phenoxy) is 1. The number of nitrogens with zero attached hydrogens (tertiary/aromatic N) is 5. The van der Waals surface area contributed by atoms with Crippen LogP contribution in [0.5, 0.6) is 5.75 Å². The molecule has 0 bridgehead atoms. The fourth-order valence-electron chi connectivity index (χ4n) is 6.41. The second-order valence-electron chi connectivity index (χ2n) is 13.2. The molecule has 1 fully saturated rings. The van der Waals surface area contributed by atoms with Gasteiger partial charge in [-0.1, -0.05) is 155 Å². The van der Waals surface area contributed by atoms with E-state index in [1.807, 2.05) is 72.8 Å². The van der Waals surface area contributed by atoms with Crippen molar-refractivity contribution in [3.63, 3.8) is 0 Å².